The fraction of sp³-hybridized carbons (Fsp3) is 0. The zero-order chi connectivity index (χ0) is 18.6. The number of nitrogens with zero attached hydrogens (tertiary/aromatic N) is 1. The van der Waals surface area contributed by atoms with Gasteiger partial charge in [-0.1, -0.05) is 57.9 Å². The number of sulfonamides is 1. The first-order chi connectivity index (χ1) is 12.4. The van der Waals surface area contributed by atoms with E-state index >= 15 is 0 Å². The van der Waals surface area contributed by atoms with E-state index in [1.165, 1.54) is 24.3 Å². The summed E-state index contributed by atoms with van der Waals surface area (Å²) in [6.07, 6.45) is 0. The number of halogens is 2. The van der Waals surface area contributed by atoms with Crippen molar-refractivity contribution in [3.05, 3.63) is 93.9 Å². The summed E-state index contributed by atoms with van der Waals surface area (Å²) in [5.74, 6) is 0.239. The average Bonchev–Trinajstić information content (AvgIpc) is 2.64. The minimum absolute atomic E-state index is 0.0768. The normalized spacial score (nSPS) is 12.0. The standard InChI is InChI=1S/C19H14BrClN2O2S/c20-15-6-10-17(11-7-15)22-19(14-4-2-1-3-5-14)23-26(24,25)18-12-8-16(21)9-13-18/h1-13H,(H,22,23). The summed E-state index contributed by atoms with van der Waals surface area (Å²) in [6.45, 7) is 0. The van der Waals surface area contributed by atoms with Crippen molar-refractivity contribution in [2.24, 2.45) is 4.40 Å². The van der Waals surface area contributed by atoms with Crippen LogP contribution in [-0.2, 0) is 10.0 Å². The number of rotatable bonds is 4. The lowest BCUT2D eigenvalue weighted by atomic mass is 10.2. The molecule has 132 valence electrons. The van der Waals surface area contributed by atoms with Gasteiger partial charge < -0.3 is 5.32 Å². The summed E-state index contributed by atoms with van der Waals surface area (Å²) in [5.41, 5.74) is 1.38. The zero-order valence-electron chi connectivity index (χ0n) is 13.4. The van der Waals surface area contributed by atoms with Gasteiger partial charge in [-0.05, 0) is 48.5 Å². The van der Waals surface area contributed by atoms with Gasteiger partial charge in [0, 0.05) is 20.7 Å². The molecule has 0 aliphatic heterocycles. The Kier molecular flexibility index (Phi) is 5.76. The third-order valence-electron chi connectivity index (χ3n) is 3.48. The van der Waals surface area contributed by atoms with Gasteiger partial charge in [-0.25, -0.2) is 0 Å². The molecule has 1 N–H and O–H groups in total. The Balaban J connectivity index is 2.03. The molecule has 4 nitrogen and oxygen atoms in total. The van der Waals surface area contributed by atoms with Gasteiger partial charge in [-0.15, -0.1) is 4.40 Å². The van der Waals surface area contributed by atoms with Crippen LogP contribution >= 0.6 is 27.5 Å². The van der Waals surface area contributed by atoms with E-state index < -0.39 is 10.0 Å². The Labute approximate surface area is 165 Å². The Morgan fingerprint density at radius 1 is 0.885 bits per heavy atom. The molecule has 0 saturated carbocycles. The van der Waals surface area contributed by atoms with Crippen LogP contribution in [0.3, 0.4) is 0 Å². The number of hydrogen-bond donors (Lipinski definition) is 1. The first-order valence-electron chi connectivity index (χ1n) is 7.63. The third-order valence-corrected chi connectivity index (χ3v) is 5.55. The van der Waals surface area contributed by atoms with Gasteiger partial charge in [-0.3, -0.25) is 0 Å². The first-order valence-corrected chi connectivity index (χ1v) is 10.2. The van der Waals surface area contributed by atoms with Gasteiger partial charge in [0.15, 0.2) is 5.84 Å². The van der Waals surface area contributed by atoms with E-state index in [-0.39, 0.29) is 10.7 Å². The molecule has 0 aliphatic carbocycles. The molecule has 0 heterocycles. The summed E-state index contributed by atoms with van der Waals surface area (Å²) in [7, 11) is -3.90. The molecule has 0 bridgehead atoms. The van der Waals surface area contributed by atoms with Crippen molar-refractivity contribution in [1.82, 2.24) is 0 Å². The summed E-state index contributed by atoms with van der Waals surface area (Å²) in [5, 5.41) is 3.55. The SMILES string of the molecule is O=S(=O)(N=C(Nc1ccc(Br)cc1)c1ccccc1)c1ccc(Cl)cc1. The van der Waals surface area contributed by atoms with Crippen LogP contribution < -0.4 is 5.32 Å². The lowest BCUT2D eigenvalue weighted by Crippen LogP contribution is -2.16. The molecule has 0 radical (unpaired) electrons. The van der Waals surface area contributed by atoms with Gasteiger partial charge in [0.1, 0.15) is 0 Å². The largest absolute Gasteiger partial charge is 0.339 e. The molecule has 0 amide bonds. The number of nitrogens with one attached hydrogen (secondary N) is 1. The topological polar surface area (TPSA) is 58.5 Å². The number of amidine groups is 1. The van der Waals surface area contributed by atoms with Crippen LogP contribution in [0, 0.1) is 0 Å². The van der Waals surface area contributed by atoms with Crippen LogP contribution in [0.4, 0.5) is 5.69 Å². The highest BCUT2D eigenvalue weighted by Crippen LogP contribution is 2.19. The molecule has 3 aromatic carbocycles. The van der Waals surface area contributed by atoms with Crippen LogP contribution in [0.5, 0.6) is 0 Å². The predicted octanol–water partition coefficient (Wildman–Crippen LogP) is 5.35. The third kappa shape index (κ3) is 4.72. The zero-order valence-corrected chi connectivity index (χ0v) is 16.6. The second kappa shape index (κ2) is 8.03. The average molecular weight is 450 g/mol. The molecular weight excluding hydrogens is 436 g/mol. The lowest BCUT2D eigenvalue weighted by molar-refractivity contribution is 0.598. The Morgan fingerprint density at radius 3 is 2.12 bits per heavy atom. The molecule has 0 atom stereocenters. The molecule has 0 saturated heterocycles. The fourth-order valence-electron chi connectivity index (χ4n) is 2.19. The molecule has 7 heteroatoms. The maximum atomic E-state index is 12.7. The Hall–Kier alpha value is -2.15. The van der Waals surface area contributed by atoms with Gasteiger partial charge >= 0.3 is 0 Å². The van der Waals surface area contributed by atoms with E-state index in [1.807, 2.05) is 42.5 Å². The lowest BCUT2D eigenvalue weighted by Gasteiger charge is -2.11. The second-order valence-corrected chi connectivity index (χ2v) is 8.32. The van der Waals surface area contributed by atoms with Crippen molar-refractivity contribution in [1.29, 1.82) is 0 Å². The van der Waals surface area contributed by atoms with Crippen molar-refractivity contribution in [3.63, 3.8) is 0 Å². The second-order valence-electron chi connectivity index (χ2n) is 5.37. The van der Waals surface area contributed by atoms with Gasteiger partial charge in [0.2, 0.25) is 0 Å². The molecule has 0 spiro atoms. The molecule has 0 unspecified atom stereocenters. The van der Waals surface area contributed by atoms with Crippen LogP contribution in [0.1, 0.15) is 5.56 Å². The highest BCUT2D eigenvalue weighted by atomic mass is 79.9. The van der Waals surface area contributed by atoms with Gasteiger partial charge in [0.25, 0.3) is 10.0 Å². The van der Waals surface area contributed by atoms with E-state index in [9.17, 15) is 8.42 Å². The van der Waals surface area contributed by atoms with Crippen LogP contribution in [0.25, 0.3) is 0 Å². The van der Waals surface area contributed by atoms with E-state index in [1.54, 1.807) is 12.1 Å². The van der Waals surface area contributed by atoms with Crippen molar-refractivity contribution in [2.75, 3.05) is 5.32 Å². The first kappa shape index (κ1) is 18.6. The Morgan fingerprint density at radius 2 is 1.50 bits per heavy atom. The summed E-state index contributed by atoms with van der Waals surface area (Å²) < 4.78 is 30.3. The quantitative estimate of drug-likeness (QED) is 0.431. The smallest absolute Gasteiger partial charge is 0.284 e. The molecule has 3 aromatic rings. The molecular formula is C19H14BrClN2O2S. The minimum atomic E-state index is -3.90. The minimum Gasteiger partial charge on any atom is -0.339 e. The van der Waals surface area contributed by atoms with E-state index in [4.69, 9.17) is 11.6 Å². The molecule has 3 rings (SSSR count). The van der Waals surface area contributed by atoms with E-state index in [0.717, 1.165) is 10.2 Å². The van der Waals surface area contributed by atoms with Gasteiger partial charge in [-0.2, -0.15) is 8.42 Å². The van der Waals surface area contributed by atoms with Crippen molar-refractivity contribution in [3.8, 4) is 0 Å². The van der Waals surface area contributed by atoms with Crippen LogP contribution in [-0.4, -0.2) is 14.3 Å². The van der Waals surface area contributed by atoms with Gasteiger partial charge in [0.05, 0.1) is 4.90 Å². The van der Waals surface area contributed by atoms with E-state index in [0.29, 0.717) is 10.6 Å². The van der Waals surface area contributed by atoms with Crippen molar-refractivity contribution < 1.29 is 8.42 Å². The maximum absolute atomic E-state index is 12.7. The molecule has 0 aromatic heterocycles. The highest BCUT2D eigenvalue weighted by molar-refractivity contribution is 9.10. The number of hydrogen-bond acceptors (Lipinski definition) is 2. The van der Waals surface area contributed by atoms with E-state index in [2.05, 4.69) is 25.6 Å². The fourth-order valence-corrected chi connectivity index (χ4v) is 3.56. The van der Waals surface area contributed by atoms with Crippen LogP contribution in [0.2, 0.25) is 5.02 Å². The van der Waals surface area contributed by atoms with Crippen molar-refractivity contribution in [2.45, 2.75) is 4.90 Å². The van der Waals surface area contributed by atoms with Crippen molar-refractivity contribution >= 4 is 49.1 Å². The highest BCUT2D eigenvalue weighted by Gasteiger charge is 2.16. The predicted molar refractivity (Wildman–Crippen MR) is 109 cm³/mol. The maximum Gasteiger partial charge on any atom is 0.284 e. The summed E-state index contributed by atoms with van der Waals surface area (Å²) >= 11 is 9.21. The monoisotopic (exact) mass is 448 g/mol. The summed E-state index contributed by atoms with van der Waals surface area (Å²) in [6, 6.07) is 22.4. The molecule has 26 heavy (non-hydrogen) atoms. The number of anilines is 1. The molecule has 0 aliphatic rings. The number of benzene rings is 3. The molecule has 0 fully saturated rings. The van der Waals surface area contributed by atoms with Crippen LogP contribution in [0.15, 0.2) is 92.6 Å². The summed E-state index contributed by atoms with van der Waals surface area (Å²) in [4.78, 5) is 0.0768. The Bertz CT molecular complexity index is 1020.